The number of rotatable bonds is 5. The van der Waals surface area contributed by atoms with Crippen LogP contribution in [0.1, 0.15) is 37.1 Å². The Morgan fingerprint density at radius 1 is 1.58 bits per heavy atom. The highest BCUT2D eigenvalue weighted by Gasteiger charge is 2.31. The third-order valence-electron chi connectivity index (χ3n) is 3.90. The molecule has 2 heterocycles. The van der Waals surface area contributed by atoms with Gasteiger partial charge in [0, 0.05) is 24.6 Å². The van der Waals surface area contributed by atoms with Crippen LogP contribution in [0.25, 0.3) is 0 Å². The highest BCUT2D eigenvalue weighted by Crippen LogP contribution is 2.34. The predicted octanol–water partition coefficient (Wildman–Crippen LogP) is 3.29. The second-order valence-corrected chi connectivity index (χ2v) is 6.90. The first-order valence-electron chi connectivity index (χ1n) is 6.93. The molecule has 1 saturated heterocycles. The number of methoxy groups -OCH3 is 1. The van der Waals surface area contributed by atoms with E-state index in [1.165, 1.54) is 11.3 Å². The maximum atomic E-state index is 6.36. The van der Waals surface area contributed by atoms with Crippen LogP contribution in [0.4, 0.5) is 0 Å². The first kappa shape index (κ1) is 15.3. The number of nitrogens with two attached hydrogens (primary N) is 1. The Bertz CT molecular complexity index is 399. The molecule has 0 radical (unpaired) electrons. The fourth-order valence-corrected chi connectivity index (χ4v) is 4.06. The summed E-state index contributed by atoms with van der Waals surface area (Å²) in [5.41, 5.74) is 6.36. The molecule has 1 aliphatic rings. The average Bonchev–Trinajstić information content (AvgIpc) is 2.85. The Hall–Kier alpha value is -0.130. The quantitative estimate of drug-likeness (QED) is 0.907. The molecule has 0 amide bonds. The van der Waals surface area contributed by atoms with Gasteiger partial charge in [0.25, 0.3) is 0 Å². The molecule has 2 rings (SSSR count). The van der Waals surface area contributed by atoms with Gasteiger partial charge in [0.05, 0.1) is 16.5 Å². The lowest BCUT2D eigenvalue weighted by Crippen LogP contribution is -2.47. The summed E-state index contributed by atoms with van der Waals surface area (Å²) in [5, 5.41) is 0. The second kappa shape index (κ2) is 7.04. The van der Waals surface area contributed by atoms with Crippen LogP contribution in [0.15, 0.2) is 12.1 Å². The van der Waals surface area contributed by atoms with E-state index < -0.39 is 0 Å². The van der Waals surface area contributed by atoms with Crippen molar-refractivity contribution >= 4 is 22.9 Å². The van der Waals surface area contributed by atoms with Crippen LogP contribution in [0.5, 0.6) is 0 Å². The maximum Gasteiger partial charge on any atom is 0.0931 e. The van der Waals surface area contributed by atoms with Crippen LogP contribution < -0.4 is 5.73 Å². The van der Waals surface area contributed by atoms with Gasteiger partial charge in [-0.2, -0.15) is 0 Å². The standard InChI is InChI=1S/C14H23ClN2OS/c1-3-11(16)14(12-6-7-13(15)19-12)17-8-4-5-10(9-17)18-2/h6-7,10-11,14H,3-5,8-9,16H2,1-2H3. The fourth-order valence-electron chi connectivity index (χ4n) is 2.78. The molecule has 0 saturated carbocycles. The van der Waals surface area contributed by atoms with Crippen LogP contribution in [0.2, 0.25) is 4.34 Å². The normalized spacial score (nSPS) is 24.3. The highest BCUT2D eigenvalue weighted by atomic mass is 35.5. The van der Waals surface area contributed by atoms with Gasteiger partial charge in [-0.15, -0.1) is 11.3 Å². The molecule has 19 heavy (non-hydrogen) atoms. The lowest BCUT2D eigenvalue weighted by Gasteiger charge is -2.39. The molecule has 108 valence electrons. The van der Waals surface area contributed by atoms with E-state index in [1.54, 1.807) is 18.4 Å². The molecule has 3 atom stereocenters. The number of piperidine rings is 1. The van der Waals surface area contributed by atoms with Crippen LogP contribution in [-0.4, -0.2) is 37.2 Å². The van der Waals surface area contributed by atoms with Crippen LogP contribution >= 0.6 is 22.9 Å². The van der Waals surface area contributed by atoms with Gasteiger partial charge in [-0.3, -0.25) is 4.90 Å². The van der Waals surface area contributed by atoms with E-state index in [1.807, 2.05) is 6.07 Å². The van der Waals surface area contributed by atoms with E-state index in [0.29, 0.717) is 6.10 Å². The van der Waals surface area contributed by atoms with E-state index >= 15 is 0 Å². The topological polar surface area (TPSA) is 38.5 Å². The van der Waals surface area contributed by atoms with Gasteiger partial charge >= 0.3 is 0 Å². The van der Waals surface area contributed by atoms with Crippen molar-refractivity contribution in [1.82, 2.24) is 4.90 Å². The lowest BCUT2D eigenvalue weighted by atomic mass is 9.99. The summed E-state index contributed by atoms with van der Waals surface area (Å²) in [6, 6.07) is 4.49. The Morgan fingerprint density at radius 3 is 2.95 bits per heavy atom. The second-order valence-electron chi connectivity index (χ2n) is 5.15. The zero-order valence-electron chi connectivity index (χ0n) is 11.6. The van der Waals surface area contributed by atoms with E-state index in [2.05, 4.69) is 17.9 Å². The molecule has 1 aromatic rings. The van der Waals surface area contributed by atoms with Gasteiger partial charge in [0.2, 0.25) is 0 Å². The molecular formula is C14H23ClN2OS. The first-order chi connectivity index (χ1) is 9.15. The van der Waals surface area contributed by atoms with Crippen LogP contribution in [-0.2, 0) is 4.74 Å². The lowest BCUT2D eigenvalue weighted by molar-refractivity contribution is 0.00968. The molecule has 1 aromatic heterocycles. The largest absolute Gasteiger partial charge is 0.380 e. The number of thiophene rings is 1. The van der Waals surface area contributed by atoms with Gasteiger partial charge < -0.3 is 10.5 Å². The summed E-state index contributed by atoms with van der Waals surface area (Å²) >= 11 is 7.73. The molecule has 0 aromatic carbocycles. The Labute approximate surface area is 124 Å². The van der Waals surface area contributed by atoms with Crippen LogP contribution in [0, 0.1) is 0 Å². The number of halogens is 1. The fraction of sp³-hybridized carbons (Fsp3) is 0.714. The van der Waals surface area contributed by atoms with Crippen molar-refractivity contribution in [2.24, 2.45) is 5.73 Å². The third-order valence-corrected chi connectivity index (χ3v) is 5.20. The average molecular weight is 303 g/mol. The molecule has 1 aliphatic heterocycles. The summed E-state index contributed by atoms with van der Waals surface area (Å²) in [4.78, 5) is 3.74. The predicted molar refractivity (Wildman–Crippen MR) is 81.9 cm³/mol. The molecule has 1 fully saturated rings. The Balaban J connectivity index is 2.17. The zero-order valence-corrected chi connectivity index (χ0v) is 13.2. The number of hydrogen-bond acceptors (Lipinski definition) is 4. The number of hydrogen-bond donors (Lipinski definition) is 1. The zero-order chi connectivity index (χ0) is 13.8. The van der Waals surface area contributed by atoms with Gasteiger partial charge in [0.15, 0.2) is 0 Å². The third kappa shape index (κ3) is 3.70. The number of nitrogens with zero attached hydrogens (tertiary/aromatic N) is 1. The Kier molecular flexibility index (Phi) is 5.66. The number of likely N-dealkylation sites (tertiary alicyclic amines) is 1. The molecule has 0 spiro atoms. The summed E-state index contributed by atoms with van der Waals surface area (Å²) in [5.74, 6) is 0. The van der Waals surface area contributed by atoms with E-state index in [-0.39, 0.29) is 12.1 Å². The van der Waals surface area contributed by atoms with Gasteiger partial charge in [-0.1, -0.05) is 18.5 Å². The minimum Gasteiger partial charge on any atom is -0.380 e. The Morgan fingerprint density at radius 2 is 2.37 bits per heavy atom. The molecule has 0 bridgehead atoms. The minimum absolute atomic E-state index is 0.144. The van der Waals surface area contributed by atoms with Crippen molar-refractivity contribution in [3.05, 3.63) is 21.3 Å². The van der Waals surface area contributed by atoms with Crippen LogP contribution in [0.3, 0.4) is 0 Å². The van der Waals surface area contributed by atoms with Crippen molar-refractivity contribution in [3.8, 4) is 0 Å². The highest BCUT2D eigenvalue weighted by molar-refractivity contribution is 7.16. The minimum atomic E-state index is 0.144. The first-order valence-corrected chi connectivity index (χ1v) is 8.12. The number of ether oxygens (including phenoxy) is 1. The summed E-state index contributed by atoms with van der Waals surface area (Å²) < 4.78 is 6.36. The molecule has 0 aliphatic carbocycles. The SMILES string of the molecule is CCC(N)C(c1ccc(Cl)s1)N1CCCC(OC)C1. The molecule has 3 nitrogen and oxygen atoms in total. The molecule has 2 N–H and O–H groups in total. The van der Waals surface area contributed by atoms with Crippen molar-refractivity contribution in [2.45, 2.75) is 44.4 Å². The van der Waals surface area contributed by atoms with Crippen molar-refractivity contribution in [1.29, 1.82) is 0 Å². The van der Waals surface area contributed by atoms with E-state index in [0.717, 1.165) is 30.3 Å². The van der Waals surface area contributed by atoms with Gasteiger partial charge in [0.1, 0.15) is 0 Å². The van der Waals surface area contributed by atoms with Crippen molar-refractivity contribution in [2.75, 3.05) is 20.2 Å². The monoisotopic (exact) mass is 302 g/mol. The smallest absolute Gasteiger partial charge is 0.0931 e. The van der Waals surface area contributed by atoms with E-state index in [4.69, 9.17) is 22.1 Å². The van der Waals surface area contributed by atoms with Crippen molar-refractivity contribution < 1.29 is 4.74 Å². The summed E-state index contributed by atoms with van der Waals surface area (Å²) in [6.07, 6.45) is 3.61. The van der Waals surface area contributed by atoms with Gasteiger partial charge in [-0.05, 0) is 37.9 Å². The molecule has 3 unspecified atom stereocenters. The summed E-state index contributed by atoms with van der Waals surface area (Å²) in [7, 11) is 1.80. The summed E-state index contributed by atoms with van der Waals surface area (Å²) in [6.45, 7) is 4.20. The van der Waals surface area contributed by atoms with Crippen molar-refractivity contribution in [3.63, 3.8) is 0 Å². The molecule has 5 heteroatoms. The molecular weight excluding hydrogens is 280 g/mol. The maximum absolute atomic E-state index is 6.36. The van der Waals surface area contributed by atoms with Gasteiger partial charge in [-0.25, -0.2) is 0 Å². The van der Waals surface area contributed by atoms with E-state index in [9.17, 15) is 0 Å².